The molecule has 0 aliphatic carbocycles. The zero-order valence-corrected chi connectivity index (χ0v) is 11.8. The van der Waals surface area contributed by atoms with Crippen molar-refractivity contribution in [1.29, 1.82) is 0 Å². The summed E-state index contributed by atoms with van der Waals surface area (Å²) in [7, 11) is 3.06. The first-order chi connectivity index (χ1) is 9.41. The summed E-state index contributed by atoms with van der Waals surface area (Å²) in [6.45, 7) is 3.88. The number of fused-ring (bicyclic) bond motifs is 1. The van der Waals surface area contributed by atoms with Crippen LogP contribution < -0.4 is 21.9 Å². The van der Waals surface area contributed by atoms with E-state index in [9.17, 15) is 9.59 Å². The number of aromatic nitrogens is 4. The predicted octanol–water partition coefficient (Wildman–Crippen LogP) is -0.876. The van der Waals surface area contributed by atoms with Gasteiger partial charge in [0, 0.05) is 20.6 Å². The van der Waals surface area contributed by atoms with Gasteiger partial charge in [-0.25, -0.2) is 4.79 Å². The molecule has 0 bridgehead atoms. The molecular weight excluding hydrogens is 260 g/mol. The summed E-state index contributed by atoms with van der Waals surface area (Å²) in [4.78, 5) is 31.3. The zero-order valence-electron chi connectivity index (χ0n) is 11.8. The van der Waals surface area contributed by atoms with Crippen LogP contribution in [0, 0.1) is 0 Å². The van der Waals surface area contributed by atoms with Crippen molar-refractivity contribution < 1.29 is 0 Å². The first kappa shape index (κ1) is 12.9. The van der Waals surface area contributed by atoms with Crippen LogP contribution in [0.15, 0.2) is 9.59 Å². The van der Waals surface area contributed by atoms with E-state index in [2.05, 4.69) is 27.5 Å². The van der Waals surface area contributed by atoms with Gasteiger partial charge >= 0.3 is 5.69 Å². The summed E-state index contributed by atoms with van der Waals surface area (Å²) in [5, 5.41) is 6.59. The Morgan fingerprint density at radius 1 is 1.30 bits per heavy atom. The van der Waals surface area contributed by atoms with Gasteiger partial charge in [0.15, 0.2) is 11.2 Å². The molecule has 0 aromatic carbocycles. The Hall–Kier alpha value is -2.09. The fourth-order valence-electron chi connectivity index (χ4n) is 2.59. The van der Waals surface area contributed by atoms with Gasteiger partial charge < -0.3 is 15.6 Å². The lowest BCUT2D eigenvalue weighted by Gasteiger charge is -2.23. The Balaban J connectivity index is 2.12. The topological polar surface area (TPSA) is 96.7 Å². The van der Waals surface area contributed by atoms with Crippen molar-refractivity contribution in [3.63, 3.8) is 0 Å². The van der Waals surface area contributed by atoms with Crippen LogP contribution in [0.4, 0.5) is 5.95 Å². The molecule has 3 rings (SSSR count). The summed E-state index contributed by atoms with van der Waals surface area (Å²) in [5.74, 6) is 0.518. The highest BCUT2D eigenvalue weighted by Gasteiger charge is 2.29. The van der Waals surface area contributed by atoms with E-state index in [-0.39, 0.29) is 16.8 Å². The lowest BCUT2D eigenvalue weighted by Crippen LogP contribution is -2.37. The molecule has 2 aromatic rings. The summed E-state index contributed by atoms with van der Waals surface area (Å²) in [5.41, 5.74) is -0.132. The van der Waals surface area contributed by atoms with E-state index in [0.717, 1.165) is 24.1 Å². The number of aryl methyl sites for hydroxylation is 1. The average Bonchev–Trinajstić information content (AvgIpc) is 3.01. The number of nitrogens with zero attached hydrogens (tertiary/aromatic N) is 3. The van der Waals surface area contributed by atoms with E-state index in [1.165, 1.54) is 11.6 Å². The van der Waals surface area contributed by atoms with Crippen LogP contribution in [-0.2, 0) is 14.1 Å². The van der Waals surface area contributed by atoms with Crippen LogP contribution in [-0.4, -0.2) is 37.7 Å². The molecular formula is C12H18N6O2. The number of H-pyrrole nitrogens is 1. The van der Waals surface area contributed by atoms with Gasteiger partial charge in [-0.15, -0.1) is 0 Å². The minimum Gasteiger partial charge on any atom is -0.349 e. The molecule has 0 radical (unpaired) electrons. The quantitative estimate of drug-likeness (QED) is 0.663. The van der Waals surface area contributed by atoms with Crippen molar-refractivity contribution in [1.82, 2.24) is 24.4 Å². The highest BCUT2D eigenvalue weighted by molar-refractivity contribution is 5.72. The van der Waals surface area contributed by atoms with Crippen LogP contribution >= 0.6 is 0 Å². The van der Waals surface area contributed by atoms with Crippen molar-refractivity contribution in [2.45, 2.75) is 18.9 Å². The fraction of sp³-hybridized carbons (Fsp3) is 0.583. The monoisotopic (exact) mass is 278 g/mol. The van der Waals surface area contributed by atoms with Gasteiger partial charge in [-0.2, -0.15) is 4.98 Å². The number of aromatic amines is 1. The van der Waals surface area contributed by atoms with Gasteiger partial charge in [0.05, 0.1) is 5.54 Å². The lowest BCUT2D eigenvalue weighted by molar-refractivity contribution is 0.562. The Bertz CT molecular complexity index is 778. The van der Waals surface area contributed by atoms with Crippen LogP contribution in [0.2, 0.25) is 0 Å². The third-order valence-corrected chi connectivity index (χ3v) is 3.88. The first-order valence-corrected chi connectivity index (χ1v) is 6.56. The molecule has 0 spiro atoms. The van der Waals surface area contributed by atoms with Crippen LogP contribution in [0.1, 0.15) is 13.3 Å². The van der Waals surface area contributed by atoms with Crippen LogP contribution in [0.25, 0.3) is 11.2 Å². The molecule has 1 unspecified atom stereocenters. The minimum atomic E-state index is -0.380. The van der Waals surface area contributed by atoms with E-state index in [1.54, 1.807) is 7.05 Å². The summed E-state index contributed by atoms with van der Waals surface area (Å²) >= 11 is 0. The van der Waals surface area contributed by atoms with Gasteiger partial charge in [0.25, 0.3) is 5.56 Å². The van der Waals surface area contributed by atoms with Gasteiger partial charge in [0.1, 0.15) is 0 Å². The summed E-state index contributed by atoms with van der Waals surface area (Å²) in [6, 6.07) is 0. The van der Waals surface area contributed by atoms with Crippen molar-refractivity contribution >= 4 is 17.1 Å². The maximum absolute atomic E-state index is 12.1. The van der Waals surface area contributed by atoms with Gasteiger partial charge in [0.2, 0.25) is 5.95 Å². The highest BCUT2D eigenvalue weighted by atomic mass is 16.2. The molecule has 0 amide bonds. The Morgan fingerprint density at radius 2 is 2.05 bits per heavy atom. The third-order valence-electron chi connectivity index (χ3n) is 3.88. The molecule has 1 atom stereocenters. The van der Waals surface area contributed by atoms with Gasteiger partial charge in [-0.1, -0.05) is 0 Å². The molecule has 1 fully saturated rings. The van der Waals surface area contributed by atoms with Crippen molar-refractivity contribution in [2.75, 3.05) is 18.4 Å². The third kappa shape index (κ3) is 1.83. The molecule has 108 valence electrons. The number of anilines is 1. The standard InChI is InChI=1S/C12H18N6O2/c1-12(4-5-13-6-12)16-10-14-7-8(15-10)17(2)11(20)18(3)9(7)19/h13H,4-6H2,1-3H3,(H2,14,15,16). The van der Waals surface area contributed by atoms with Gasteiger partial charge in [-0.3, -0.25) is 13.9 Å². The molecule has 3 heterocycles. The van der Waals surface area contributed by atoms with E-state index >= 15 is 0 Å². The Morgan fingerprint density at radius 3 is 2.70 bits per heavy atom. The molecule has 3 N–H and O–H groups in total. The summed E-state index contributed by atoms with van der Waals surface area (Å²) in [6.07, 6.45) is 0.973. The van der Waals surface area contributed by atoms with E-state index in [1.807, 2.05) is 0 Å². The molecule has 1 saturated heterocycles. The van der Waals surface area contributed by atoms with E-state index in [4.69, 9.17) is 0 Å². The van der Waals surface area contributed by atoms with Crippen molar-refractivity contribution in [3.8, 4) is 0 Å². The smallest absolute Gasteiger partial charge is 0.332 e. The van der Waals surface area contributed by atoms with E-state index in [0.29, 0.717) is 17.1 Å². The number of imidazole rings is 1. The maximum atomic E-state index is 12.1. The minimum absolute atomic E-state index is 0.0992. The molecule has 8 heteroatoms. The zero-order chi connectivity index (χ0) is 14.5. The number of hydrogen-bond acceptors (Lipinski definition) is 5. The normalized spacial score (nSPS) is 22.6. The Labute approximate surface area is 114 Å². The Kier molecular flexibility index (Phi) is 2.72. The largest absolute Gasteiger partial charge is 0.349 e. The second-order valence-electron chi connectivity index (χ2n) is 5.60. The number of rotatable bonds is 2. The van der Waals surface area contributed by atoms with Crippen molar-refractivity contribution in [3.05, 3.63) is 20.8 Å². The maximum Gasteiger partial charge on any atom is 0.332 e. The van der Waals surface area contributed by atoms with Crippen LogP contribution in [0.5, 0.6) is 0 Å². The number of nitrogens with one attached hydrogen (secondary N) is 3. The van der Waals surface area contributed by atoms with Crippen LogP contribution in [0.3, 0.4) is 0 Å². The molecule has 1 aliphatic heterocycles. The van der Waals surface area contributed by atoms with Gasteiger partial charge in [-0.05, 0) is 19.9 Å². The average molecular weight is 278 g/mol. The predicted molar refractivity (Wildman–Crippen MR) is 76.1 cm³/mol. The molecule has 1 aliphatic rings. The number of hydrogen-bond donors (Lipinski definition) is 3. The second-order valence-corrected chi connectivity index (χ2v) is 5.60. The molecule has 20 heavy (non-hydrogen) atoms. The molecule has 8 nitrogen and oxygen atoms in total. The fourth-order valence-corrected chi connectivity index (χ4v) is 2.59. The molecule has 0 saturated carbocycles. The molecule has 2 aromatic heterocycles. The first-order valence-electron chi connectivity index (χ1n) is 6.56. The SMILES string of the molecule is Cn1c(=O)c2[nH]c(NC3(C)CCNC3)nc2n(C)c1=O. The highest BCUT2D eigenvalue weighted by Crippen LogP contribution is 2.20. The lowest BCUT2D eigenvalue weighted by atomic mass is 10.0. The summed E-state index contributed by atoms with van der Waals surface area (Å²) < 4.78 is 2.44. The van der Waals surface area contributed by atoms with E-state index < -0.39 is 0 Å². The second kappa shape index (κ2) is 4.20. The van der Waals surface area contributed by atoms with Crippen molar-refractivity contribution in [2.24, 2.45) is 14.1 Å².